The number of rotatable bonds is 3. The van der Waals surface area contributed by atoms with Crippen LogP contribution < -0.4 is 14.8 Å². The molecule has 4 rings (SSSR count). The molecule has 0 aliphatic carbocycles. The lowest BCUT2D eigenvalue weighted by atomic mass is 10.0. The smallest absolute Gasteiger partial charge is 0.267 e. The average Bonchev–Trinajstić information content (AvgIpc) is 2.73. The Morgan fingerprint density at radius 3 is 2.28 bits per heavy atom. The molecule has 2 aromatic carbocycles. The molecule has 2 aromatic rings. The molecule has 152 valence electrons. The summed E-state index contributed by atoms with van der Waals surface area (Å²) in [7, 11) is 0. The molecule has 2 aliphatic rings. The van der Waals surface area contributed by atoms with Gasteiger partial charge >= 0.3 is 0 Å². The third-order valence-corrected chi connectivity index (χ3v) is 5.62. The Balaban J connectivity index is 1.33. The molecule has 2 aliphatic heterocycles. The van der Waals surface area contributed by atoms with Crippen molar-refractivity contribution in [1.82, 2.24) is 10.2 Å². The first-order valence-electron chi connectivity index (χ1n) is 10.1. The Kier molecular flexibility index (Phi) is 5.43. The van der Waals surface area contributed by atoms with Gasteiger partial charge in [-0.1, -0.05) is 30.3 Å². The Hall–Kier alpha value is -3.02. The fourth-order valence-corrected chi connectivity index (χ4v) is 3.91. The van der Waals surface area contributed by atoms with Crippen LogP contribution >= 0.6 is 0 Å². The lowest BCUT2D eigenvalue weighted by Gasteiger charge is -2.37. The van der Waals surface area contributed by atoms with Crippen LogP contribution in [0.5, 0.6) is 11.5 Å². The van der Waals surface area contributed by atoms with E-state index in [4.69, 9.17) is 9.47 Å². The summed E-state index contributed by atoms with van der Waals surface area (Å²) >= 11 is 0. The zero-order valence-electron chi connectivity index (χ0n) is 16.8. The van der Waals surface area contributed by atoms with Crippen LogP contribution in [0.4, 0.5) is 0 Å². The molecular formula is C23H26N2O4. The Morgan fingerprint density at radius 2 is 1.59 bits per heavy atom. The van der Waals surface area contributed by atoms with Gasteiger partial charge in [-0.25, -0.2) is 0 Å². The van der Waals surface area contributed by atoms with E-state index in [9.17, 15) is 9.59 Å². The zero-order valence-corrected chi connectivity index (χ0v) is 16.8. The van der Waals surface area contributed by atoms with Gasteiger partial charge < -0.3 is 19.7 Å². The second-order valence-electron chi connectivity index (χ2n) is 7.70. The second-order valence-corrected chi connectivity index (χ2v) is 7.70. The van der Waals surface area contributed by atoms with Gasteiger partial charge in [-0.05, 0) is 50.5 Å². The van der Waals surface area contributed by atoms with Crippen molar-refractivity contribution < 1.29 is 19.1 Å². The van der Waals surface area contributed by atoms with E-state index >= 15 is 0 Å². The van der Waals surface area contributed by atoms with Gasteiger partial charge in [0.1, 0.15) is 6.10 Å². The highest BCUT2D eigenvalue weighted by molar-refractivity contribution is 5.95. The number of benzene rings is 2. The average molecular weight is 394 g/mol. The number of hydrogen-bond acceptors (Lipinski definition) is 4. The normalized spacial score (nSPS) is 21.5. The van der Waals surface area contributed by atoms with Gasteiger partial charge in [-0.3, -0.25) is 9.59 Å². The van der Waals surface area contributed by atoms with E-state index in [1.807, 2.05) is 67.3 Å². The molecule has 1 saturated heterocycles. The molecule has 2 amide bonds. The molecular weight excluding hydrogens is 368 g/mol. The minimum atomic E-state index is -0.650. The minimum absolute atomic E-state index is 0.0536. The number of carbonyl (C=O) groups excluding carboxylic acids is 2. The minimum Gasteiger partial charge on any atom is -0.482 e. The molecule has 0 aromatic heterocycles. The summed E-state index contributed by atoms with van der Waals surface area (Å²) in [6, 6.07) is 15.0. The molecule has 0 saturated carbocycles. The predicted molar refractivity (Wildman–Crippen MR) is 109 cm³/mol. The van der Waals surface area contributed by atoms with E-state index in [2.05, 4.69) is 5.32 Å². The number of nitrogens with one attached hydrogen (secondary N) is 1. The van der Waals surface area contributed by atoms with E-state index in [0.717, 1.165) is 18.4 Å². The summed E-state index contributed by atoms with van der Waals surface area (Å²) in [5.41, 5.74) is 1.66. The SMILES string of the molecule is Cc1ccccc1C(=O)NC1CCN(C(=O)C2Oc3ccccc3OC2C)CC1. The molecule has 0 bridgehead atoms. The van der Waals surface area contributed by atoms with Crippen molar-refractivity contribution in [3.05, 3.63) is 59.7 Å². The van der Waals surface area contributed by atoms with Crippen LogP contribution in [0.1, 0.15) is 35.7 Å². The van der Waals surface area contributed by atoms with Crippen LogP contribution in [0.2, 0.25) is 0 Å². The second kappa shape index (κ2) is 8.15. The van der Waals surface area contributed by atoms with Crippen LogP contribution in [-0.4, -0.2) is 48.1 Å². The number of hydrogen-bond donors (Lipinski definition) is 1. The Labute approximate surface area is 170 Å². The highest BCUT2D eigenvalue weighted by atomic mass is 16.6. The molecule has 2 atom stereocenters. The van der Waals surface area contributed by atoms with Crippen molar-refractivity contribution in [2.45, 2.75) is 44.9 Å². The summed E-state index contributed by atoms with van der Waals surface area (Å²) in [5, 5.41) is 3.10. The van der Waals surface area contributed by atoms with Crippen LogP contribution in [0, 0.1) is 6.92 Å². The molecule has 0 spiro atoms. The lowest BCUT2D eigenvalue weighted by Crippen LogP contribution is -2.54. The standard InChI is InChI=1S/C23H26N2O4/c1-15-7-3-4-8-18(15)22(26)24-17-11-13-25(14-12-17)23(27)21-16(2)28-19-9-5-6-10-20(19)29-21/h3-10,16-17,21H,11-14H2,1-2H3,(H,24,26). The third kappa shape index (κ3) is 4.06. The largest absolute Gasteiger partial charge is 0.482 e. The Bertz CT molecular complexity index is 905. The summed E-state index contributed by atoms with van der Waals surface area (Å²) in [4.78, 5) is 27.3. The summed E-state index contributed by atoms with van der Waals surface area (Å²) in [6.45, 7) is 4.97. The lowest BCUT2D eigenvalue weighted by molar-refractivity contribution is -0.145. The number of piperidine rings is 1. The number of likely N-dealkylation sites (tertiary alicyclic amines) is 1. The van der Waals surface area contributed by atoms with Gasteiger partial charge in [0.25, 0.3) is 11.8 Å². The number of para-hydroxylation sites is 2. The molecule has 6 nitrogen and oxygen atoms in total. The highest BCUT2D eigenvalue weighted by Gasteiger charge is 2.38. The monoisotopic (exact) mass is 394 g/mol. The number of fused-ring (bicyclic) bond motifs is 1. The van der Waals surface area contributed by atoms with Crippen molar-refractivity contribution in [3.8, 4) is 11.5 Å². The first kappa shape index (κ1) is 19.3. The zero-order chi connectivity index (χ0) is 20.4. The van der Waals surface area contributed by atoms with Gasteiger partial charge in [-0.15, -0.1) is 0 Å². The van der Waals surface area contributed by atoms with Gasteiger partial charge in [0, 0.05) is 24.7 Å². The molecule has 29 heavy (non-hydrogen) atoms. The highest BCUT2D eigenvalue weighted by Crippen LogP contribution is 2.34. The van der Waals surface area contributed by atoms with Crippen molar-refractivity contribution in [2.75, 3.05) is 13.1 Å². The maximum Gasteiger partial charge on any atom is 0.267 e. The molecule has 2 unspecified atom stereocenters. The number of amides is 2. The quantitative estimate of drug-likeness (QED) is 0.869. The van der Waals surface area contributed by atoms with E-state index in [0.29, 0.717) is 30.2 Å². The van der Waals surface area contributed by atoms with Crippen molar-refractivity contribution in [3.63, 3.8) is 0 Å². The van der Waals surface area contributed by atoms with Crippen LogP contribution in [-0.2, 0) is 4.79 Å². The van der Waals surface area contributed by atoms with Crippen molar-refractivity contribution in [2.24, 2.45) is 0 Å². The number of carbonyl (C=O) groups is 2. The molecule has 6 heteroatoms. The fourth-order valence-electron chi connectivity index (χ4n) is 3.91. The molecule has 1 N–H and O–H groups in total. The number of aryl methyl sites for hydroxylation is 1. The molecule has 0 radical (unpaired) electrons. The van der Waals surface area contributed by atoms with E-state index in [-0.39, 0.29) is 24.0 Å². The van der Waals surface area contributed by atoms with E-state index in [1.165, 1.54) is 0 Å². The molecule has 1 fully saturated rings. The van der Waals surface area contributed by atoms with Crippen LogP contribution in [0.25, 0.3) is 0 Å². The number of nitrogens with zero attached hydrogens (tertiary/aromatic N) is 1. The predicted octanol–water partition coefficient (Wildman–Crippen LogP) is 2.94. The van der Waals surface area contributed by atoms with Gasteiger partial charge in [0.05, 0.1) is 0 Å². The van der Waals surface area contributed by atoms with Crippen LogP contribution in [0.15, 0.2) is 48.5 Å². The van der Waals surface area contributed by atoms with E-state index < -0.39 is 6.10 Å². The summed E-state index contributed by atoms with van der Waals surface area (Å²) in [5.74, 6) is 1.16. The topological polar surface area (TPSA) is 67.9 Å². The van der Waals surface area contributed by atoms with Gasteiger partial charge in [0.15, 0.2) is 11.5 Å². The summed E-state index contributed by atoms with van der Waals surface area (Å²) < 4.78 is 11.8. The van der Waals surface area contributed by atoms with E-state index in [1.54, 1.807) is 0 Å². The maximum atomic E-state index is 13.0. The van der Waals surface area contributed by atoms with Crippen molar-refractivity contribution >= 4 is 11.8 Å². The summed E-state index contributed by atoms with van der Waals surface area (Å²) in [6.07, 6.45) is 0.447. The number of ether oxygens (including phenoxy) is 2. The first-order chi connectivity index (χ1) is 14.0. The maximum absolute atomic E-state index is 13.0. The van der Waals surface area contributed by atoms with Crippen LogP contribution in [0.3, 0.4) is 0 Å². The Morgan fingerprint density at radius 1 is 0.966 bits per heavy atom. The fraction of sp³-hybridized carbons (Fsp3) is 0.391. The van der Waals surface area contributed by atoms with Gasteiger partial charge in [0.2, 0.25) is 6.10 Å². The van der Waals surface area contributed by atoms with Crippen molar-refractivity contribution in [1.29, 1.82) is 0 Å². The first-order valence-corrected chi connectivity index (χ1v) is 10.1. The molecule has 2 heterocycles. The third-order valence-electron chi connectivity index (χ3n) is 5.62. The van der Waals surface area contributed by atoms with Gasteiger partial charge in [-0.2, -0.15) is 0 Å².